The largest absolute Gasteiger partial charge is 1.00 e. The second-order valence-electron chi connectivity index (χ2n) is 7.26. The maximum atomic E-state index is 13.4. The number of halogens is 4. The van der Waals surface area contributed by atoms with Crippen LogP contribution in [0.1, 0.15) is 11.8 Å². The van der Waals surface area contributed by atoms with Crippen LogP contribution in [0.2, 0.25) is 0 Å². The summed E-state index contributed by atoms with van der Waals surface area (Å²) in [5.74, 6) is 0.186. The second-order valence-corrected chi connectivity index (χ2v) is 10.7. The van der Waals surface area contributed by atoms with Crippen molar-refractivity contribution in [1.29, 1.82) is 0 Å². The van der Waals surface area contributed by atoms with Crippen molar-refractivity contribution < 1.29 is 23.5 Å². The summed E-state index contributed by atoms with van der Waals surface area (Å²) in [4.78, 5) is 13.4. The van der Waals surface area contributed by atoms with Gasteiger partial charge in [0, 0.05) is 5.56 Å². The van der Waals surface area contributed by atoms with E-state index in [4.69, 9.17) is 0 Å². The van der Waals surface area contributed by atoms with Crippen molar-refractivity contribution in [2.75, 3.05) is 6.16 Å². The van der Waals surface area contributed by atoms with E-state index < -0.39 is 14.5 Å². The first-order valence-electron chi connectivity index (χ1n) is 10.3. The van der Waals surface area contributed by atoms with Crippen molar-refractivity contribution in [3.63, 3.8) is 0 Å². The number of ketones is 1. The SMILES string of the molecule is F[B-](F)(F)F.O=C(C[P+](c1ccccc1)(c1ccccc1)c1ccccc1)c1ccccc1.[H+]. The molecular formula is C26H23BF4OP+. The van der Waals surface area contributed by atoms with Crippen LogP contribution in [0.3, 0.4) is 0 Å². The number of carbonyl (C=O) groups is 1. The zero-order valence-corrected chi connectivity index (χ0v) is 18.6. The van der Waals surface area contributed by atoms with Gasteiger partial charge in [0.05, 0.1) is 0 Å². The molecule has 168 valence electrons. The van der Waals surface area contributed by atoms with Crippen molar-refractivity contribution in [3.8, 4) is 0 Å². The van der Waals surface area contributed by atoms with Gasteiger partial charge in [-0.3, -0.25) is 4.79 Å². The van der Waals surface area contributed by atoms with Gasteiger partial charge in [-0.05, 0) is 36.4 Å². The summed E-state index contributed by atoms with van der Waals surface area (Å²) in [6.45, 7) is 0. The minimum Gasteiger partial charge on any atom is -0.418 e. The number of hydrogen-bond donors (Lipinski definition) is 0. The molecular weight excluding hydrogens is 446 g/mol. The Hall–Kier alpha value is -3.24. The highest BCUT2D eigenvalue weighted by Crippen LogP contribution is 2.55. The summed E-state index contributed by atoms with van der Waals surface area (Å²) in [5.41, 5.74) is 0.773. The number of carbonyl (C=O) groups excluding carboxylic acids is 1. The topological polar surface area (TPSA) is 17.1 Å². The van der Waals surface area contributed by atoms with Crippen LogP contribution in [-0.2, 0) is 0 Å². The maximum absolute atomic E-state index is 13.4. The van der Waals surface area contributed by atoms with E-state index >= 15 is 0 Å². The molecule has 0 heterocycles. The highest BCUT2D eigenvalue weighted by molar-refractivity contribution is 7.96. The normalized spacial score (nSPS) is 11.3. The van der Waals surface area contributed by atoms with Crippen LogP contribution in [0.15, 0.2) is 121 Å². The standard InChI is InChI=1S/C26H22OP.BF4/c27-26(22-13-5-1-6-14-22)21-28(23-15-7-2-8-16-23,24-17-9-3-10-18-24)25-19-11-4-12-20-25;2-1(3,4)5/h1-20H,21H2;/q+1;-1/p+1. The van der Waals surface area contributed by atoms with Crippen LogP contribution < -0.4 is 15.9 Å². The fourth-order valence-corrected chi connectivity index (χ4v) is 7.80. The summed E-state index contributed by atoms with van der Waals surface area (Å²) >= 11 is 0. The third-order valence-corrected chi connectivity index (χ3v) is 9.37. The minimum absolute atomic E-state index is 0. The van der Waals surface area contributed by atoms with Gasteiger partial charge in [0.2, 0.25) is 5.78 Å². The van der Waals surface area contributed by atoms with Crippen LogP contribution in [-0.4, -0.2) is 19.2 Å². The Labute approximate surface area is 193 Å². The number of benzene rings is 4. The average Bonchev–Trinajstić information content (AvgIpc) is 2.83. The Bertz CT molecular complexity index is 1040. The summed E-state index contributed by atoms with van der Waals surface area (Å²) in [6, 6.07) is 41.2. The molecule has 0 amide bonds. The van der Waals surface area contributed by atoms with E-state index in [1.807, 2.05) is 48.5 Å². The van der Waals surface area contributed by atoms with Crippen molar-refractivity contribution in [1.82, 2.24) is 0 Å². The first kappa shape index (κ1) is 24.4. The van der Waals surface area contributed by atoms with E-state index in [1.165, 1.54) is 15.9 Å². The lowest BCUT2D eigenvalue weighted by molar-refractivity contribution is 0.102. The van der Waals surface area contributed by atoms with Gasteiger partial charge in [-0.25, -0.2) is 0 Å². The van der Waals surface area contributed by atoms with E-state index in [0.29, 0.717) is 6.16 Å². The van der Waals surface area contributed by atoms with Gasteiger partial charge in [-0.1, -0.05) is 84.9 Å². The van der Waals surface area contributed by atoms with E-state index in [0.717, 1.165) is 5.56 Å². The molecule has 0 saturated heterocycles. The Morgan fingerprint density at radius 3 is 1.15 bits per heavy atom. The van der Waals surface area contributed by atoms with Gasteiger partial charge >= 0.3 is 8.68 Å². The van der Waals surface area contributed by atoms with Crippen molar-refractivity contribution in [3.05, 3.63) is 127 Å². The summed E-state index contributed by atoms with van der Waals surface area (Å²) in [6.07, 6.45) is 0.481. The van der Waals surface area contributed by atoms with Gasteiger partial charge in [-0.2, -0.15) is 0 Å². The lowest BCUT2D eigenvalue weighted by Gasteiger charge is -2.27. The molecule has 0 atom stereocenters. The quantitative estimate of drug-likeness (QED) is 0.141. The van der Waals surface area contributed by atoms with Gasteiger partial charge in [0.1, 0.15) is 29.3 Å². The Kier molecular flexibility index (Phi) is 8.18. The molecule has 0 bridgehead atoms. The minimum atomic E-state index is -6.00. The van der Waals surface area contributed by atoms with Crippen LogP contribution >= 0.6 is 7.26 Å². The molecule has 33 heavy (non-hydrogen) atoms. The van der Waals surface area contributed by atoms with E-state index in [9.17, 15) is 22.1 Å². The zero-order valence-electron chi connectivity index (χ0n) is 18.7. The molecule has 0 unspecified atom stereocenters. The van der Waals surface area contributed by atoms with E-state index in [2.05, 4.69) is 72.8 Å². The fraction of sp³-hybridized carbons (Fsp3) is 0.0385. The number of hydrogen-bond acceptors (Lipinski definition) is 1. The average molecular weight is 469 g/mol. The third-order valence-electron chi connectivity index (χ3n) is 5.07. The molecule has 0 N–H and O–H groups in total. The highest BCUT2D eigenvalue weighted by atomic mass is 31.2. The monoisotopic (exact) mass is 469 g/mol. The first-order valence-corrected chi connectivity index (χ1v) is 12.3. The predicted octanol–water partition coefficient (Wildman–Crippen LogP) is 6.28. The summed E-state index contributed by atoms with van der Waals surface area (Å²) in [7, 11) is -8.12. The van der Waals surface area contributed by atoms with Gasteiger partial charge < -0.3 is 17.3 Å². The van der Waals surface area contributed by atoms with Crippen molar-refractivity contribution in [2.24, 2.45) is 0 Å². The lowest BCUT2D eigenvalue weighted by atomic mass is 10.2. The first-order chi connectivity index (χ1) is 15.8. The van der Waals surface area contributed by atoms with Crippen molar-refractivity contribution >= 4 is 36.2 Å². The van der Waals surface area contributed by atoms with Crippen LogP contribution in [0, 0.1) is 0 Å². The predicted molar refractivity (Wildman–Crippen MR) is 132 cm³/mol. The van der Waals surface area contributed by atoms with Crippen LogP contribution in [0.4, 0.5) is 17.3 Å². The maximum Gasteiger partial charge on any atom is 1.00 e. The van der Waals surface area contributed by atoms with E-state index in [1.54, 1.807) is 0 Å². The molecule has 0 saturated carbocycles. The molecule has 0 spiro atoms. The number of Topliss-reactive ketones (excluding diaryl/α,β-unsaturated/α-hetero) is 1. The molecule has 1 nitrogen and oxygen atoms in total. The van der Waals surface area contributed by atoms with E-state index in [-0.39, 0.29) is 7.21 Å². The van der Waals surface area contributed by atoms with Crippen LogP contribution in [0.5, 0.6) is 0 Å². The Balaban J connectivity index is 0.000000619. The fourth-order valence-electron chi connectivity index (χ4n) is 3.70. The molecule has 0 fully saturated rings. The number of rotatable bonds is 6. The molecule has 0 aliphatic rings. The smallest absolute Gasteiger partial charge is 0.418 e. The summed E-state index contributed by atoms with van der Waals surface area (Å²) in [5, 5.41) is 3.70. The molecule has 0 radical (unpaired) electrons. The summed E-state index contributed by atoms with van der Waals surface area (Å²) < 4.78 is 39.0. The molecule has 4 aromatic carbocycles. The van der Waals surface area contributed by atoms with Gasteiger partial charge in [-0.15, -0.1) is 0 Å². The molecule has 0 aliphatic carbocycles. The molecule has 0 aliphatic heterocycles. The van der Waals surface area contributed by atoms with Gasteiger partial charge in [0.25, 0.3) is 0 Å². The molecule has 0 aromatic heterocycles. The van der Waals surface area contributed by atoms with Crippen molar-refractivity contribution in [2.45, 2.75) is 0 Å². The molecule has 7 heteroatoms. The molecule has 4 rings (SSSR count). The Morgan fingerprint density at radius 1 is 0.576 bits per heavy atom. The van der Waals surface area contributed by atoms with Crippen LogP contribution in [0.25, 0.3) is 0 Å². The zero-order chi connectivity index (χ0) is 23.7. The highest BCUT2D eigenvalue weighted by Gasteiger charge is 2.47. The lowest BCUT2D eigenvalue weighted by Crippen LogP contribution is -2.35. The van der Waals surface area contributed by atoms with Gasteiger partial charge in [0.15, 0.2) is 0 Å². The third kappa shape index (κ3) is 6.63. The second kappa shape index (κ2) is 11.1. The molecule has 4 aromatic rings. The Morgan fingerprint density at radius 2 is 0.848 bits per heavy atom.